The fraction of sp³-hybridized carbons (Fsp3) is 0.200. The minimum atomic E-state index is -1.24. The summed E-state index contributed by atoms with van der Waals surface area (Å²) in [6, 6.07) is 12.6. The summed E-state index contributed by atoms with van der Waals surface area (Å²) in [5.41, 5.74) is 0.807. The van der Waals surface area contributed by atoms with E-state index < -0.39 is 23.8 Å². The van der Waals surface area contributed by atoms with Crippen LogP contribution in [0.4, 0.5) is 16.2 Å². The Morgan fingerprint density at radius 1 is 1.11 bits per heavy atom. The lowest BCUT2D eigenvalue weighted by atomic mass is 10.1. The average molecular weight is 381 g/mol. The van der Waals surface area contributed by atoms with Crippen LogP contribution in [-0.2, 0) is 9.59 Å². The normalized spacial score (nSPS) is 17.0. The van der Waals surface area contributed by atoms with E-state index in [1.54, 1.807) is 48.5 Å². The van der Waals surface area contributed by atoms with Gasteiger partial charge in [0.15, 0.2) is 5.92 Å². The van der Waals surface area contributed by atoms with Crippen molar-refractivity contribution in [3.63, 3.8) is 0 Å². The van der Waals surface area contributed by atoms with Crippen molar-refractivity contribution in [3.8, 4) is 11.5 Å². The molecule has 1 heterocycles. The van der Waals surface area contributed by atoms with Gasteiger partial charge in [-0.2, -0.15) is 0 Å². The number of barbiturate groups is 1. The van der Waals surface area contributed by atoms with Crippen LogP contribution in [0.15, 0.2) is 53.5 Å². The number of hydrogen-bond acceptors (Lipinski definition) is 6. The van der Waals surface area contributed by atoms with Crippen LogP contribution in [0.25, 0.3) is 0 Å². The molecule has 1 atom stereocenters. The van der Waals surface area contributed by atoms with Crippen molar-refractivity contribution in [2.45, 2.75) is 6.92 Å². The smallest absolute Gasteiger partial charge is 0.335 e. The Hall–Kier alpha value is -3.68. The topological polar surface area (TPSA) is 97.3 Å². The van der Waals surface area contributed by atoms with Crippen LogP contribution < -0.4 is 19.7 Å². The van der Waals surface area contributed by atoms with Crippen LogP contribution in [-0.4, -0.2) is 37.8 Å². The number of urea groups is 1. The van der Waals surface area contributed by atoms with Crippen LogP contribution >= 0.6 is 0 Å². The molecule has 144 valence electrons. The van der Waals surface area contributed by atoms with Gasteiger partial charge in [0.25, 0.3) is 5.91 Å². The number of carbonyl (C=O) groups is 3. The number of imide groups is 2. The maximum atomic E-state index is 12.8. The fourth-order valence-corrected chi connectivity index (χ4v) is 2.69. The highest BCUT2D eigenvalue weighted by Crippen LogP contribution is 2.28. The predicted octanol–water partition coefficient (Wildman–Crippen LogP) is 2.70. The zero-order valence-corrected chi connectivity index (χ0v) is 15.4. The summed E-state index contributed by atoms with van der Waals surface area (Å²) in [6.45, 7) is 2.30. The van der Waals surface area contributed by atoms with Gasteiger partial charge in [0.1, 0.15) is 17.2 Å². The number of aliphatic imine (C=N–C) groups is 1. The zero-order valence-electron chi connectivity index (χ0n) is 15.4. The highest BCUT2D eigenvalue weighted by Gasteiger charge is 2.40. The molecule has 0 unspecified atom stereocenters. The van der Waals surface area contributed by atoms with Crippen LogP contribution in [0.1, 0.15) is 6.92 Å². The third kappa shape index (κ3) is 3.85. The van der Waals surface area contributed by atoms with Gasteiger partial charge in [-0.1, -0.05) is 12.1 Å². The summed E-state index contributed by atoms with van der Waals surface area (Å²) in [6.07, 6.45) is 1.22. The maximum absolute atomic E-state index is 12.8. The molecule has 8 nitrogen and oxygen atoms in total. The Balaban J connectivity index is 1.87. The highest BCUT2D eigenvalue weighted by molar-refractivity contribution is 6.32. The van der Waals surface area contributed by atoms with E-state index in [4.69, 9.17) is 9.47 Å². The molecule has 2 aromatic rings. The number of benzene rings is 2. The van der Waals surface area contributed by atoms with Gasteiger partial charge >= 0.3 is 6.03 Å². The highest BCUT2D eigenvalue weighted by atomic mass is 16.5. The van der Waals surface area contributed by atoms with E-state index in [2.05, 4.69) is 10.3 Å². The van der Waals surface area contributed by atoms with Gasteiger partial charge in [-0.15, -0.1) is 0 Å². The summed E-state index contributed by atoms with van der Waals surface area (Å²) < 4.78 is 10.6. The molecule has 4 amide bonds. The minimum absolute atomic E-state index is 0.323. The molecule has 0 spiro atoms. The van der Waals surface area contributed by atoms with Gasteiger partial charge in [0.2, 0.25) is 5.91 Å². The largest absolute Gasteiger partial charge is 0.497 e. The van der Waals surface area contributed by atoms with Crippen molar-refractivity contribution in [2.24, 2.45) is 10.9 Å². The van der Waals surface area contributed by atoms with Crippen molar-refractivity contribution >= 4 is 35.4 Å². The number of hydrogen-bond donors (Lipinski definition) is 1. The van der Waals surface area contributed by atoms with Crippen molar-refractivity contribution in [1.29, 1.82) is 0 Å². The molecule has 28 heavy (non-hydrogen) atoms. The molecule has 1 aliphatic rings. The van der Waals surface area contributed by atoms with E-state index in [9.17, 15) is 14.4 Å². The molecule has 0 bridgehead atoms. The van der Waals surface area contributed by atoms with Crippen LogP contribution in [0, 0.1) is 5.92 Å². The van der Waals surface area contributed by atoms with Gasteiger partial charge in [0.05, 0.1) is 19.4 Å². The second-order valence-corrected chi connectivity index (χ2v) is 5.82. The molecule has 8 heteroatoms. The van der Waals surface area contributed by atoms with Crippen molar-refractivity contribution in [1.82, 2.24) is 5.32 Å². The number of amides is 4. The number of nitrogens with one attached hydrogen (secondary N) is 1. The van der Waals surface area contributed by atoms with Crippen molar-refractivity contribution < 1.29 is 23.9 Å². The quantitative estimate of drug-likeness (QED) is 0.613. The second-order valence-electron chi connectivity index (χ2n) is 5.82. The number of nitrogens with zero attached hydrogens (tertiary/aromatic N) is 2. The minimum Gasteiger partial charge on any atom is -0.497 e. The lowest BCUT2D eigenvalue weighted by Gasteiger charge is -2.28. The van der Waals surface area contributed by atoms with E-state index in [1.807, 2.05) is 6.92 Å². The SMILES string of the molecule is CCOc1ccccc1N=C[C@@H]1C(=O)NC(=O)N(c2ccc(OC)cc2)C1=O. The summed E-state index contributed by atoms with van der Waals surface area (Å²) >= 11 is 0. The number of anilines is 1. The van der Waals surface area contributed by atoms with Gasteiger partial charge in [0, 0.05) is 6.21 Å². The molecule has 2 aromatic carbocycles. The zero-order chi connectivity index (χ0) is 20.1. The third-order valence-corrected chi connectivity index (χ3v) is 4.06. The Kier molecular flexibility index (Phi) is 5.69. The molecule has 0 aliphatic carbocycles. The number of methoxy groups -OCH3 is 1. The number of para-hydroxylation sites is 2. The first-order valence-electron chi connectivity index (χ1n) is 8.64. The summed E-state index contributed by atoms with van der Waals surface area (Å²) in [7, 11) is 1.51. The lowest BCUT2D eigenvalue weighted by Crippen LogP contribution is -2.58. The van der Waals surface area contributed by atoms with Gasteiger partial charge in [-0.3, -0.25) is 19.9 Å². The van der Waals surface area contributed by atoms with E-state index in [0.29, 0.717) is 29.5 Å². The van der Waals surface area contributed by atoms with E-state index >= 15 is 0 Å². The average Bonchev–Trinajstić information content (AvgIpc) is 2.69. The summed E-state index contributed by atoms with van der Waals surface area (Å²) in [5, 5.41) is 2.19. The predicted molar refractivity (Wildman–Crippen MR) is 103 cm³/mol. The molecule has 0 radical (unpaired) electrons. The molecule has 0 saturated carbocycles. The molecule has 1 saturated heterocycles. The van der Waals surface area contributed by atoms with Gasteiger partial charge in [-0.25, -0.2) is 9.69 Å². The number of carbonyl (C=O) groups excluding carboxylic acids is 3. The summed E-state index contributed by atoms with van der Waals surface area (Å²) in [4.78, 5) is 42.4. The van der Waals surface area contributed by atoms with Gasteiger partial charge in [-0.05, 0) is 43.3 Å². The second kappa shape index (κ2) is 8.34. The van der Waals surface area contributed by atoms with E-state index in [-0.39, 0.29) is 0 Å². The molecule has 3 rings (SSSR count). The molecular formula is C20H19N3O5. The number of rotatable bonds is 6. The van der Waals surface area contributed by atoms with Crippen LogP contribution in [0.5, 0.6) is 11.5 Å². The Labute approximate surface area is 161 Å². The molecule has 0 aromatic heterocycles. The Bertz CT molecular complexity index is 924. The third-order valence-electron chi connectivity index (χ3n) is 4.06. The maximum Gasteiger partial charge on any atom is 0.335 e. The van der Waals surface area contributed by atoms with Crippen LogP contribution in [0.3, 0.4) is 0 Å². The fourth-order valence-electron chi connectivity index (χ4n) is 2.69. The molecule has 1 N–H and O–H groups in total. The molecule has 1 fully saturated rings. The molecule has 1 aliphatic heterocycles. The van der Waals surface area contributed by atoms with Crippen molar-refractivity contribution in [2.75, 3.05) is 18.6 Å². The number of ether oxygens (including phenoxy) is 2. The lowest BCUT2D eigenvalue weighted by molar-refractivity contribution is -0.131. The van der Waals surface area contributed by atoms with Crippen LogP contribution in [0.2, 0.25) is 0 Å². The standard InChI is InChI=1S/C20H19N3O5/c1-3-28-17-7-5-4-6-16(17)21-12-15-18(24)22-20(26)23(19(15)25)13-8-10-14(27-2)11-9-13/h4-12,15H,3H2,1-2H3,(H,22,24,26)/t15-/m1/s1. The van der Waals surface area contributed by atoms with E-state index in [1.165, 1.54) is 13.3 Å². The first-order valence-corrected chi connectivity index (χ1v) is 8.64. The van der Waals surface area contributed by atoms with Gasteiger partial charge < -0.3 is 9.47 Å². The summed E-state index contributed by atoms with van der Waals surface area (Å²) in [5.74, 6) is -1.54. The monoisotopic (exact) mass is 381 g/mol. The van der Waals surface area contributed by atoms with Crippen molar-refractivity contribution in [3.05, 3.63) is 48.5 Å². The van der Waals surface area contributed by atoms with E-state index in [0.717, 1.165) is 4.90 Å². The first kappa shape index (κ1) is 19.1. The Morgan fingerprint density at radius 2 is 1.82 bits per heavy atom. The molecular weight excluding hydrogens is 362 g/mol. The first-order chi connectivity index (χ1) is 13.5. The Morgan fingerprint density at radius 3 is 2.50 bits per heavy atom.